The second kappa shape index (κ2) is 10.2. The number of benzene rings is 1. The summed E-state index contributed by atoms with van der Waals surface area (Å²) >= 11 is 0. The fourth-order valence-corrected chi connectivity index (χ4v) is 2.50. The minimum atomic E-state index is -0.514. The molecular formula is C20H27N3O3. The van der Waals surface area contributed by atoms with Crippen LogP contribution in [-0.2, 0) is 11.3 Å². The fourth-order valence-electron chi connectivity index (χ4n) is 2.50. The molecule has 1 aromatic rings. The van der Waals surface area contributed by atoms with Crippen LogP contribution in [-0.4, -0.2) is 35.7 Å². The number of hydroxylamine groups is 2. The Bertz CT molecular complexity index is 732. The first kappa shape index (κ1) is 21.2. The number of ether oxygens (including phenoxy) is 1. The van der Waals surface area contributed by atoms with Gasteiger partial charge in [-0.2, -0.15) is 5.06 Å². The number of methoxy groups -OCH3 is 1. The van der Waals surface area contributed by atoms with E-state index >= 15 is 0 Å². The number of carbonyl (C=O) groups excluding carboxylic acids is 1. The zero-order valence-corrected chi connectivity index (χ0v) is 15.9. The van der Waals surface area contributed by atoms with Gasteiger partial charge in [0.2, 0.25) is 0 Å². The molecule has 1 heterocycles. The SMILES string of the molecule is C=C.CCN=C1C(=C(C)C)C(NCc2cccc(OC)c2)=CC(=O)N1O. The molecule has 2 rings (SSSR count). The maximum atomic E-state index is 12.0. The Morgan fingerprint density at radius 3 is 2.62 bits per heavy atom. The van der Waals surface area contributed by atoms with Crippen molar-refractivity contribution in [3.05, 3.63) is 65.9 Å². The monoisotopic (exact) mass is 357 g/mol. The van der Waals surface area contributed by atoms with Gasteiger partial charge < -0.3 is 10.1 Å². The first-order chi connectivity index (χ1) is 12.5. The second-order valence-corrected chi connectivity index (χ2v) is 5.59. The number of nitrogens with one attached hydrogen (secondary N) is 1. The van der Waals surface area contributed by atoms with Gasteiger partial charge in [-0.15, -0.1) is 13.2 Å². The number of amidine groups is 1. The molecule has 6 heteroatoms. The highest BCUT2D eigenvalue weighted by molar-refractivity contribution is 6.15. The Morgan fingerprint density at radius 1 is 1.35 bits per heavy atom. The van der Waals surface area contributed by atoms with Gasteiger partial charge in [-0.3, -0.25) is 15.0 Å². The third-order valence-electron chi connectivity index (χ3n) is 3.60. The van der Waals surface area contributed by atoms with Crippen molar-refractivity contribution >= 4 is 11.7 Å². The van der Waals surface area contributed by atoms with Gasteiger partial charge in [-0.25, -0.2) is 0 Å². The van der Waals surface area contributed by atoms with Gasteiger partial charge in [0, 0.05) is 24.7 Å². The smallest absolute Gasteiger partial charge is 0.278 e. The molecular weight excluding hydrogens is 330 g/mol. The molecule has 0 aromatic heterocycles. The second-order valence-electron chi connectivity index (χ2n) is 5.59. The van der Waals surface area contributed by atoms with Crippen molar-refractivity contribution in [2.24, 2.45) is 4.99 Å². The number of allylic oxidation sites excluding steroid dienone is 1. The van der Waals surface area contributed by atoms with E-state index in [0.29, 0.717) is 23.8 Å². The molecule has 1 aliphatic rings. The number of amides is 1. The number of hydrogen-bond donors (Lipinski definition) is 2. The molecule has 0 bridgehead atoms. The Balaban J connectivity index is 0.00000163. The van der Waals surface area contributed by atoms with Crippen LogP contribution < -0.4 is 10.1 Å². The zero-order chi connectivity index (χ0) is 19.7. The first-order valence-electron chi connectivity index (χ1n) is 8.32. The molecule has 0 aliphatic carbocycles. The molecule has 0 fully saturated rings. The highest BCUT2D eigenvalue weighted by atomic mass is 16.5. The van der Waals surface area contributed by atoms with Crippen LogP contribution in [0.3, 0.4) is 0 Å². The molecule has 1 amide bonds. The Labute approximate surface area is 155 Å². The summed E-state index contributed by atoms with van der Waals surface area (Å²) in [6.07, 6.45) is 1.39. The maximum absolute atomic E-state index is 12.0. The number of carbonyl (C=O) groups is 1. The number of nitrogens with zero attached hydrogens (tertiary/aromatic N) is 2. The van der Waals surface area contributed by atoms with Crippen LogP contribution >= 0.6 is 0 Å². The van der Waals surface area contributed by atoms with Crippen LogP contribution in [0.1, 0.15) is 26.3 Å². The van der Waals surface area contributed by atoms with Crippen LogP contribution in [0.25, 0.3) is 0 Å². The lowest BCUT2D eigenvalue weighted by atomic mass is 10.0. The average molecular weight is 357 g/mol. The van der Waals surface area contributed by atoms with Gasteiger partial charge in [-0.1, -0.05) is 17.7 Å². The molecule has 0 unspecified atom stereocenters. The van der Waals surface area contributed by atoms with Gasteiger partial charge in [0.25, 0.3) is 5.91 Å². The Kier molecular flexibility index (Phi) is 8.31. The van der Waals surface area contributed by atoms with Crippen molar-refractivity contribution in [2.75, 3.05) is 13.7 Å². The van der Waals surface area contributed by atoms with Gasteiger partial charge in [-0.05, 0) is 38.5 Å². The Hall–Kier alpha value is -2.86. The highest BCUT2D eigenvalue weighted by Gasteiger charge is 2.29. The van der Waals surface area contributed by atoms with Gasteiger partial charge in [0.15, 0.2) is 5.84 Å². The maximum Gasteiger partial charge on any atom is 0.278 e. The van der Waals surface area contributed by atoms with Crippen molar-refractivity contribution in [3.8, 4) is 5.75 Å². The largest absolute Gasteiger partial charge is 0.497 e. The number of rotatable bonds is 5. The number of aliphatic imine (C=N–C) groups is 1. The van der Waals surface area contributed by atoms with E-state index in [9.17, 15) is 10.0 Å². The summed E-state index contributed by atoms with van der Waals surface area (Å²) in [5.41, 5.74) is 3.37. The van der Waals surface area contributed by atoms with E-state index in [-0.39, 0.29) is 5.84 Å². The van der Waals surface area contributed by atoms with Crippen LogP contribution in [0.15, 0.2) is 65.3 Å². The van der Waals surface area contributed by atoms with E-state index in [2.05, 4.69) is 23.5 Å². The molecule has 26 heavy (non-hydrogen) atoms. The fraction of sp³-hybridized carbons (Fsp3) is 0.300. The highest BCUT2D eigenvalue weighted by Crippen LogP contribution is 2.22. The summed E-state index contributed by atoms with van der Waals surface area (Å²) in [5.74, 6) is 0.540. The average Bonchev–Trinajstić information content (AvgIpc) is 2.65. The predicted molar refractivity (Wildman–Crippen MR) is 104 cm³/mol. The summed E-state index contributed by atoms with van der Waals surface area (Å²) in [6, 6.07) is 7.70. The normalized spacial score (nSPS) is 15.2. The number of hydrogen-bond acceptors (Lipinski definition) is 5. The lowest BCUT2D eigenvalue weighted by Gasteiger charge is -2.27. The summed E-state index contributed by atoms with van der Waals surface area (Å²) in [5, 5.41) is 13.9. The molecule has 0 atom stereocenters. The topological polar surface area (TPSA) is 74.2 Å². The van der Waals surface area contributed by atoms with Crippen molar-refractivity contribution in [3.63, 3.8) is 0 Å². The summed E-state index contributed by atoms with van der Waals surface area (Å²) in [7, 11) is 1.62. The van der Waals surface area contributed by atoms with E-state index in [1.165, 1.54) is 6.08 Å². The predicted octanol–water partition coefficient (Wildman–Crippen LogP) is 3.46. The summed E-state index contributed by atoms with van der Waals surface area (Å²) in [4.78, 5) is 16.3. The zero-order valence-electron chi connectivity index (χ0n) is 15.9. The van der Waals surface area contributed by atoms with E-state index in [1.54, 1.807) is 7.11 Å². The van der Waals surface area contributed by atoms with Gasteiger partial charge in [0.05, 0.1) is 12.8 Å². The van der Waals surface area contributed by atoms with Gasteiger partial charge >= 0.3 is 0 Å². The standard InChI is InChI=1S/C18H23N3O3.C2H4/c1-5-19-18-17(12(2)3)15(10-16(22)21(18)23)20-11-13-7-6-8-14(9-13)24-4;1-2/h6-10,20,23H,5,11H2,1-4H3;1-2H2. The third kappa shape index (κ3) is 5.07. The molecule has 0 saturated heterocycles. The van der Waals surface area contributed by atoms with Crippen LogP contribution in [0, 0.1) is 0 Å². The molecule has 2 N–H and O–H groups in total. The van der Waals surface area contributed by atoms with E-state index in [4.69, 9.17) is 4.74 Å². The van der Waals surface area contributed by atoms with E-state index in [0.717, 1.165) is 22.5 Å². The van der Waals surface area contributed by atoms with Crippen molar-refractivity contribution < 1.29 is 14.7 Å². The molecule has 140 valence electrons. The summed E-state index contributed by atoms with van der Waals surface area (Å²) < 4.78 is 5.22. The van der Waals surface area contributed by atoms with E-state index in [1.807, 2.05) is 45.0 Å². The quantitative estimate of drug-likeness (QED) is 0.625. The molecule has 6 nitrogen and oxygen atoms in total. The molecule has 1 aliphatic heterocycles. The minimum absolute atomic E-state index is 0.276. The summed E-state index contributed by atoms with van der Waals surface area (Å²) in [6.45, 7) is 12.7. The Morgan fingerprint density at radius 2 is 2.04 bits per heavy atom. The van der Waals surface area contributed by atoms with E-state index < -0.39 is 5.91 Å². The van der Waals surface area contributed by atoms with Crippen LogP contribution in [0.4, 0.5) is 0 Å². The van der Waals surface area contributed by atoms with Crippen LogP contribution in [0.2, 0.25) is 0 Å². The third-order valence-corrected chi connectivity index (χ3v) is 3.60. The lowest BCUT2D eigenvalue weighted by molar-refractivity contribution is -0.143. The van der Waals surface area contributed by atoms with Crippen LogP contribution in [0.5, 0.6) is 5.75 Å². The lowest BCUT2D eigenvalue weighted by Crippen LogP contribution is -2.41. The molecule has 1 aromatic carbocycles. The first-order valence-corrected chi connectivity index (χ1v) is 8.32. The molecule has 0 saturated carbocycles. The van der Waals surface area contributed by atoms with Crippen molar-refractivity contribution in [2.45, 2.75) is 27.3 Å². The molecule has 0 radical (unpaired) electrons. The van der Waals surface area contributed by atoms with Crippen molar-refractivity contribution in [1.82, 2.24) is 10.4 Å². The minimum Gasteiger partial charge on any atom is -0.497 e. The molecule has 0 spiro atoms. The van der Waals surface area contributed by atoms with Crippen molar-refractivity contribution in [1.29, 1.82) is 0 Å². The van der Waals surface area contributed by atoms with Gasteiger partial charge in [0.1, 0.15) is 5.75 Å².